The third kappa shape index (κ3) is 4.49. The minimum Gasteiger partial charge on any atom is -0.326 e. The number of para-hydroxylation sites is 1. The highest BCUT2D eigenvalue weighted by molar-refractivity contribution is 6.22. The maximum Gasteiger partial charge on any atom is 0.332 e. The van der Waals surface area contributed by atoms with E-state index in [1.54, 1.807) is 30.3 Å². The number of nitrogens with one attached hydrogen (secondary N) is 1. The number of benzene rings is 3. The summed E-state index contributed by atoms with van der Waals surface area (Å²) in [7, 11) is 0. The molecule has 1 aliphatic heterocycles. The Morgan fingerprint density at radius 1 is 0.875 bits per heavy atom. The minimum atomic E-state index is -1.07. The molecule has 32 heavy (non-hydrogen) atoms. The van der Waals surface area contributed by atoms with Crippen molar-refractivity contribution >= 4 is 29.2 Å². The van der Waals surface area contributed by atoms with Gasteiger partial charge in [0.25, 0.3) is 5.91 Å². The third-order valence-electron chi connectivity index (χ3n) is 5.09. The zero-order chi connectivity index (χ0) is 22.7. The number of urea groups is 1. The number of rotatable bonds is 6. The molecule has 1 aliphatic rings. The molecule has 0 aromatic heterocycles. The number of hydrogen-bond donors (Lipinski definition) is 1. The lowest BCUT2D eigenvalue weighted by Crippen LogP contribution is -2.37. The Balaban J connectivity index is 1.59. The molecular weight excluding hydrogens is 416 g/mol. The zero-order valence-corrected chi connectivity index (χ0v) is 16.9. The second-order valence-electron chi connectivity index (χ2n) is 7.32. The minimum absolute atomic E-state index is 0.0199. The molecule has 3 aromatic rings. The van der Waals surface area contributed by atoms with E-state index >= 15 is 0 Å². The highest BCUT2D eigenvalue weighted by atomic mass is 19.1. The average Bonchev–Trinajstić information content (AvgIpc) is 2.99. The molecule has 8 heteroatoms. The largest absolute Gasteiger partial charge is 0.332 e. The first-order chi connectivity index (χ1) is 15.4. The van der Waals surface area contributed by atoms with Crippen LogP contribution in [0.1, 0.15) is 12.0 Å². The second-order valence-corrected chi connectivity index (χ2v) is 7.32. The number of anilines is 2. The first-order valence-corrected chi connectivity index (χ1v) is 9.92. The number of carbonyl (C=O) groups excluding carboxylic acids is 3. The molecule has 6 nitrogen and oxygen atoms in total. The third-order valence-corrected chi connectivity index (χ3v) is 5.09. The summed E-state index contributed by atoms with van der Waals surface area (Å²) in [6.07, 6.45) is -0.314. The van der Waals surface area contributed by atoms with Crippen LogP contribution < -0.4 is 10.2 Å². The quantitative estimate of drug-likeness (QED) is 0.586. The number of halogens is 2. The van der Waals surface area contributed by atoms with Gasteiger partial charge in [-0.3, -0.25) is 9.59 Å². The highest BCUT2D eigenvalue weighted by Gasteiger charge is 2.46. The van der Waals surface area contributed by atoms with E-state index in [0.717, 1.165) is 11.0 Å². The maximum atomic E-state index is 13.4. The predicted molar refractivity (Wildman–Crippen MR) is 115 cm³/mol. The van der Waals surface area contributed by atoms with Gasteiger partial charge < -0.3 is 10.2 Å². The summed E-state index contributed by atoms with van der Waals surface area (Å²) in [6.45, 7) is 0.0199. The number of nitrogens with zero attached hydrogens (tertiary/aromatic N) is 2. The van der Waals surface area contributed by atoms with Gasteiger partial charge in [-0.15, -0.1) is 0 Å². The lowest BCUT2D eigenvalue weighted by atomic mass is 10.1. The van der Waals surface area contributed by atoms with E-state index in [1.807, 2.05) is 0 Å². The first-order valence-electron chi connectivity index (χ1n) is 9.92. The summed E-state index contributed by atoms with van der Waals surface area (Å²) in [5, 5.41) is 2.55. The molecule has 162 valence electrons. The zero-order valence-electron chi connectivity index (χ0n) is 16.9. The van der Waals surface area contributed by atoms with Crippen LogP contribution in [-0.4, -0.2) is 28.8 Å². The number of hydrogen-bond acceptors (Lipinski definition) is 3. The monoisotopic (exact) mass is 435 g/mol. The Kier molecular flexibility index (Phi) is 5.93. The van der Waals surface area contributed by atoms with Crippen molar-refractivity contribution in [2.75, 3.05) is 10.2 Å². The molecule has 1 saturated heterocycles. The van der Waals surface area contributed by atoms with Crippen LogP contribution in [0.4, 0.5) is 25.0 Å². The van der Waals surface area contributed by atoms with Gasteiger partial charge in [-0.05, 0) is 48.0 Å². The topological polar surface area (TPSA) is 69.7 Å². The van der Waals surface area contributed by atoms with E-state index in [0.29, 0.717) is 11.3 Å². The van der Waals surface area contributed by atoms with Gasteiger partial charge in [0.1, 0.15) is 17.7 Å². The van der Waals surface area contributed by atoms with E-state index in [4.69, 9.17) is 0 Å². The molecule has 0 unspecified atom stereocenters. The predicted octanol–water partition coefficient (Wildman–Crippen LogP) is 4.33. The van der Waals surface area contributed by atoms with Gasteiger partial charge in [-0.1, -0.05) is 36.4 Å². The first kappa shape index (κ1) is 21.2. The molecule has 1 atom stereocenters. The molecule has 1 heterocycles. The van der Waals surface area contributed by atoms with E-state index in [9.17, 15) is 23.2 Å². The Hall–Kier alpha value is -4.07. The van der Waals surface area contributed by atoms with E-state index < -0.39 is 35.5 Å². The van der Waals surface area contributed by atoms with Crippen molar-refractivity contribution < 1.29 is 23.2 Å². The van der Waals surface area contributed by atoms with Crippen LogP contribution in [0.15, 0.2) is 78.9 Å². The summed E-state index contributed by atoms with van der Waals surface area (Å²) in [4.78, 5) is 41.3. The molecular formula is C24H19F2N3O3. The molecule has 4 rings (SSSR count). The van der Waals surface area contributed by atoms with Gasteiger partial charge in [0.05, 0.1) is 12.1 Å². The van der Waals surface area contributed by atoms with Crippen LogP contribution >= 0.6 is 0 Å². The van der Waals surface area contributed by atoms with Gasteiger partial charge in [0, 0.05) is 12.2 Å². The molecule has 1 fully saturated rings. The molecule has 3 aromatic carbocycles. The summed E-state index contributed by atoms with van der Waals surface area (Å²) in [5.74, 6) is -2.02. The van der Waals surface area contributed by atoms with Crippen molar-refractivity contribution in [2.24, 2.45) is 0 Å². The Bertz CT molecular complexity index is 1150. The van der Waals surface area contributed by atoms with Gasteiger partial charge in [0.15, 0.2) is 0 Å². The average molecular weight is 435 g/mol. The summed E-state index contributed by atoms with van der Waals surface area (Å²) in [5.41, 5.74) is 1.24. The fourth-order valence-electron chi connectivity index (χ4n) is 3.57. The van der Waals surface area contributed by atoms with E-state index in [2.05, 4.69) is 5.32 Å². The van der Waals surface area contributed by atoms with Crippen molar-refractivity contribution in [1.29, 1.82) is 0 Å². The SMILES string of the molecule is O=C(C[C@@H]1C(=O)N(c2ccccc2)C(=O)N1Cc1ccc(F)cc1)Nc1cccc(F)c1. The molecule has 1 N–H and O–H groups in total. The van der Waals surface area contributed by atoms with Crippen molar-refractivity contribution in [3.8, 4) is 0 Å². The van der Waals surface area contributed by atoms with E-state index in [1.165, 1.54) is 47.4 Å². The van der Waals surface area contributed by atoms with Gasteiger partial charge in [-0.25, -0.2) is 18.5 Å². The second kappa shape index (κ2) is 8.97. The molecule has 0 spiro atoms. The van der Waals surface area contributed by atoms with Crippen molar-refractivity contribution in [3.63, 3.8) is 0 Å². The van der Waals surface area contributed by atoms with Crippen LogP contribution in [0.5, 0.6) is 0 Å². The van der Waals surface area contributed by atoms with Crippen LogP contribution in [-0.2, 0) is 16.1 Å². The van der Waals surface area contributed by atoms with Crippen molar-refractivity contribution in [1.82, 2.24) is 4.90 Å². The molecule has 0 aliphatic carbocycles. The normalized spacial score (nSPS) is 15.9. The molecule has 0 radical (unpaired) electrons. The summed E-state index contributed by atoms with van der Waals surface area (Å²) >= 11 is 0. The van der Waals surface area contributed by atoms with Crippen molar-refractivity contribution in [2.45, 2.75) is 19.0 Å². The van der Waals surface area contributed by atoms with Gasteiger partial charge in [0.2, 0.25) is 5.91 Å². The van der Waals surface area contributed by atoms with Gasteiger partial charge in [-0.2, -0.15) is 0 Å². The fraction of sp³-hybridized carbons (Fsp3) is 0.125. The van der Waals surface area contributed by atoms with Crippen LogP contribution in [0.3, 0.4) is 0 Å². The fourth-order valence-corrected chi connectivity index (χ4v) is 3.57. The molecule has 0 bridgehead atoms. The Morgan fingerprint density at radius 2 is 1.59 bits per heavy atom. The Labute approximate surface area is 183 Å². The Morgan fingerprint density at radius 3 is 2.28 bits per heavy atom. The lowest BCUT2D eigenvalue weighted by molar-refractivity contribution is -0.124. The van der Waals surface area contributed by atoms with E-state index in [-0.39, 0.29) is 18.7 Å². The number of imide groups is 1. The lowest BCUT2D eigenvalue weighted by Gasteiger charge is -2.21. The summed E-state index contributed by atoms with van der Waals surface area (Å²) < 4.78 is 26.7. The number of carbonyl (C=O) groups is 3. The standard InChI is InChI=1S/C24H19F2N3O3/c25-17-11-9-16(10-12-17)15-28-21(14-22(30)27-19-6-4-5-18(26)13-19)23(31)29(24(28)32)20-7-2-1-3-8-20/h1-13,21H,14-15H2,(H,27,30)/t21-/m1/s1. The van der Waals surface area contributed by atoms with Crippen LogP contribution in [0.2, 0.25) is 0 Å². The number of amides is 4. The van der Waals surface area contributed by atoms with Crippen LogP contribution in [0, 0.1) is 11.6 Å². The van der Waals surface area contributed by atoms with Gasteiger partial charge >= 0.3 is 6.03 Å². The molecule has 4 amide bonds. The van der Waals surface area contributed by atoms with Crippen LogP contribution in [0.25, 0.3) is 0 Å². The smallest absolute Gasteiger partial charge is 0.326 e. The maximum absolute atomic E-state index is 13.4. The summed E-state index contributed by atoms with van der Waals surface area (Å²) in [6, 6.07) is 17.7. The van der Waals surface area contributed by atoms with Crippen molar-refractivity contribution in [3.05, 3.63) is 96.1 Å². The highest BCUT2D eigenvalue weighted by Crippen LogP contribution is 2.28. The molecule has 0 saturated carbocycles.